The van der Waals surface area contributed by atoms with Crippen molar-refractivity contribution in [2.24, 2.45) is 0 Å². The predicted octanol–water partition coefficient (Wildman–Crippen LogP) is 5.74. The molecule has 0 spiro atoms. The van der Waals surface area contributed by atoms with Crippen molar-refractivity contribution >= 4 is 18.0 Å². The lowest BCUT2D eigenvalue weighted by atomic mass is 9.69. The van der Waals surface area contributed by atoms with Crippen LogP contribution in [0.2, 0.25) is 0 Å². The second-order valence-corrected chi connectivity index (χ2v) is 9.49. The summed E-state index contributed by atoms with van der Waals surface area (Å²) in [5.74, 6) is -1.33. The Kier molecular flexibility index (Phi) is 8.84. The maximum atomic E-state index is 12.7. The van der Waals surface area contributed by atoms with Crippen LogP contribution < -0.4 is 0 Å². The van der Waals surface area contributed by atoms with E-state index in [9.17, 15) is 14.7 Å². The summed E-state index contributed by atoms with van der Waals surface area (Å²) in [5.41, 5.74) is 4.92. The molecule has 0 radical (unpaired) electrons. The van der Waals surface area contributed by atoms with Gasteiger partial charge >= 0.3 is 5.97 Å². The van der Waals surface area contributed by atoms with Gasteiger partial charge in [-0.15, -0.1) is 0 Å². The Balaban J connectivity index is 2.47. The third-order valence-corrected chi connectivity index (χ3v) is 7.10. The van der Waals surface area contributed by atoms with Crippen LogP contribution >= 0.6 is 0 Å². The quantitative estimate of drug-likeness (QED) is 0.469. The number of carbonyl (C=O) groups is 2. The van der Waals surface area contributed by atoms with Crippen LogP contribution in [-0.4, -0.2) is 46.2 Å². The van der Waals surface area contributed by atoms with Gasteiger partial charge in [0.1, 0.15) is 6.54 Å². The normalized spacial score (nSPS) is 13.6. The van der Waals surface area contributed by atoms with Crippen molar-refractivity contribution in [1.29, 1.82) is 0 Å². The molecule has 0 saturated carbocycles. The number of aryl methyl sites for hydroxylation is 2. The highest BCUT2D eigenvalue weighted by molar-refractivity contribution is 5.97. The lowest BCUT2D eigenvalue weighted by Crippen LogP contribution is -2.32. The second kappa shape index (κ2) is 11.0. The Bertz CT molecular complexity index is 1060. The summed E-state index contributed by atoms with van der Waals surface area (Å²) in [5, 5.41) is 19.3. The fraction of sp³-hybridized carbons (Fsp3) is 0.448. The first-order valence-electron chi connectivity index (χ1n) is 12.0. The summed E-state index contributed by atoms with van der Waals surface area (Å²) in [6.07, 6.45) is 6.28. The van der Waals surface area contributed by atoms with Crippen molar-refractivity contribution in [1.82, 2.24) is 4.90 Å². The van der Waals surface area contributed by atoms with E-state index in [0.29, 0.717) is 12.0 Å². The molecule has 1 unspecified atom stereocenters. The number of carboxylic acid groups (broad SMARTS) is 1. The molecule has 0 aliphatic carbocycles. The van der Waals surface area contributed by atoms with Gasteiger partial charge in [0.05, 0.1) is 5.60 Å². The number of likely N-dealkylation sites (N-methyl/N-ethyl adjacent to an activating group) is 1. The molecule has 0 saturated heterocycles. The summed E-state index contributed by atoms with van der Waals surface area (Å²) in [4.78, 5) is 25.0. The lowest BCUT2D eigenvalue weighted by Gasteiger charge is -2.34. The van der Waals surface area contributed by atoms with E-state index >= 15 is 0 Å². The summed E-state index contributed by atoms with van der Waals surface area (Å²) < 4.78 is 0. The third kappa shape index (κ3) is 5.95. The topological polar surface area (TPSA) is 77.8 Å². The fourth-order valence-corrected chi connectivity index (χ4v) is 4.46. The smallest absolute Gasteiger partial charge is 0.323 e. The van der Waals surface area contributed by atoms with Crippen molar-refractivity contribution < 1.29 is 19.8 Å². The molecule has 0 aliphatic heterocycles. The molecule has 1 atom stereocenters. The third-order valence-electron chi connectivity index (χ3n) is 7.10. The molecule has 5 heteroatoms. The number of hydrogen-bond acceptors (Lipinski definition) is 3. The van der Waals surface area contributed by atoms with E-state index in [4.69, 9.17) is 5.11 Å². The molecule has 0 heterocycles. The molecule has 0 fully saturated rings. The van der Waals surface area contributed by atoms with Crippen LogP contribution in [0.5, 0.6) is 0 Å². The summed E-state index contributed by atoms with van der Waals surface area (Å²) >= 11 is 0. The Morgan fingerprint density at radius 1 is 0.941 bits per heavy atom. The standard InChI is InChI=1S/C29H39NO4/c1-8-28(6,34)16-15-22-11-12-23(17-20(22)4)29(9-2,10-3)24-13-14-25(21(5)18-24)27(33)30(7)19-26(31)32/h11-18,34H,8-10,19H2,1-7H3,(H,31,32)/b16-15+. The van der Waals surface area contributed by atoms with Crippen LogP contribution in [0.3, 0.4) is 0 Å². The van der Waals surface area contributed by atoms with Crippen molar-refractivity contribution in [3.8, 4) is 0 Å². The van der Waals surface area contributed by atoms with Gasteiger partial charge in [-0.1, -0.05) is 63.3 Å². The zero-order chi connectivity index (χ0) is 25.7. The van der Waals surface area contributed by atoms with E-state index in [1.54, 1.807) is 0 Å². The molecule has 2 rings (SSSR count). The van der Waals surface area contributed by atoms with Crippen LogP contribution in [0.15, 0.2) is 42.5 Å². The van der Waals surface area contributed by atoms with E-state index in [2.05, 4.69) is 45.0 Å². The van der Waals surface area contributed by atoms with Gasteiger partial charge in [0.2, 0.25) is 0 Å². The van der Waals surface area contributed by atoms with Crippen molar-refractivity contribution in [3.05, 3.63) is 75.9 Å². The molecule has 184 valence electrons. The van der Waals surface area contributed by atoms with Gasteiger partial charge in [0.25, 0.3) is 5.91 Å². The minimum absolute atomic E-state index is 0.207. The van der Waals surface area contributed by atoms with E-state index in [1.807, 2.05) is 45.1 Å². The van der Waals surface area contributed by atoms with Crippen LogP contribution in [0.1, 0.15) is 85.1 Å². The van der Waals surface area contributed by atoms with Gasteiger partial charge in [-0.25, -0.2) is 0 Å². The van der Waals surface area contributed by atoms with Crippen LogP contribution in [0, 0.1) is 13.8 Å². The van der Waals surface area contributed by atoms with Gasteiger partial charge in [-0.3, -0.25) is 9.59 Å². The SMILES string of the molecule is CCC(C)(O)/C=C/c1ccc(C(CC)(CC)c2ccc(C(=O)N(C)CC(=O)O)c(C)c2)cc1C. The van der Waals surface area contributed by atoms with E-state index in [-0.39, 0.29) is 17.9 Å². The van der Waals surface area contributed by atoms with Crippen LogP contribution in [0.25, 0.3) is 6.08 Å². The number of carbonyl (C=O) groups excluding carboxylic acids is 1. The summed E-state index contributed by atoms with van der Waals surface area (Å²) in [6, 6.07) is 12.4. The highest BCUT2D eigenvalue weighted by Gasteiger charge is 2.32. The molecule has 2 aromatic carbocycles. The van der Waals surface area contributed by atoms with Crippen LogP contribution in [0.4, 0.5) is 0 Å². The van der Waals surface area contributed by atoms with Crippen LogP contribution in [-0.2, 0) is 10.2 Å². The number of hydrogen-bond donors (Lipinski definition) is 2. The summed E-state index contributed by atoms with van der Waals surface area (Å²) in [6.45, 7) is 11.8. The first kappa shape index (κ1) is 27.3. The van der Waals surface area contributed by atoms with E-state index in [1.165, 1.54) is 17.5 Å². The Hall–Kier alpha value is -2.92. The Morgan fingerprint density at radius 3 is 1.97 bits per heavy atom. The molecule has 5 nitrogen and oxygen atoms in total. The molecule has 2 aromatic rings. The first-order valence-corrected chi connectivity index (χ1v) is 12.0. The Labute approximate surface area is 204 Å². The molecular formula is C29H39NO4. The minimum atomic E-state index is -1.03. The van der Waals surface area contributed by atoms with Crippen molar-refractivity contribution in [2.75, 3.05) is 13.6 Å². The molecule has 2 N–H and O–H groups in total. The van der Waals surface area contributed by atoms with E-state index in [0.717, 1.165) is 35.1 Å². The predicted molar refractivity (Wildman–Crippen MR) is 138 cm³/mol. The van der Waals surface area contributed by atoms with Crippen molar-refractivity contribution in [3.63, 3.8) is 0 Å². The average Bonchev–Trinajstić information content (AvgIpc) is 2.79. The van der Waals surface area contributed by atoms with Gasteiger partial charge in [-0.2, -0.15) is 0 Å². The molecule has 34 heavy (non-hydrogen) atoms. The van der Waals surface area contributed by atoms with E-state index < -0.39 is 11.6 Å². The first-order chi connectivity index (χ1) is 15.9. The summed E-state index contributed by atoms with van der Waals surface area (Å²) in [7, 11) is 1.50. The average molecular weight is 466 g/mol. The van der Waals surface area contributed by atoms with Gasteiger partial charge in [0.15, 0.2) is 0 Å². The zero-order valence-electron chi connectivity index (χ0n) is 21.6. The zero-order valence-corrected chi connectivity index (χ0v) is 21.6. The minimum Gasteiger partial charge on any atom is -0.480 e. The highest BCUT2D eigenvalue weighted by Crippen LogP contribution is 2.40. The maximum Gasteiger partial charge on any atom is 0.323 e. The lowest BCUT2D eigenvalue weighted by molar-refractivity contribution is -0.137. The van der Waals surface area contributed by atoms with Gasteiger partial charge in [0, 0.05) is 18.0 Å². The fourth-order valence-electron chi connectivity index (χ4n) is 4.46. The maximum absolute atomic E-state index is 12.7. The van der Waals surface area contributed by atoms with Gasteiger partial charge < -0.3 is 15.1 Å². The number of carboxylic acids is 1. The molecule has 0 bridgehead atoms. The number of amides is 1. The molecular weight excluding hydrogens is 426 g/mol. The van der Waals surface area contributed by atoms with Crippen molar-refractivity contribution in [2.45, 2.75) is 71.8 Å². The molecule has 1 amide bonds. The number of rotatable bonds is 10. The number of nitrogens with zero attached hydrogens (tertiary/aromatic N) is 1. The number of aliphatic carboxylic acids is 1. The van der Waals surface area contributed by atoms with Gasteiger partial charge in [-0.05, 0) is 73.9 Å². The number of aliphatic hydroxyl groups is 1. The second-order valence-electron chi connectivity index (χ2n) is 9.49. The monoisotopic (exact) mass is 465 g/mol. The molecule has 0 aromatic heterocycles. The Morgan fingerprint density at radius 2 is 1.50 bits per heavy atom. The largest absolute Gasteiger partial charge is 0.480 e. The molecule has 0 aliphatic rings. The highest BCUT2D eigenvalue weighted by atomic mass is 16.4. The number of benzene rings is 2.